The molecule has 19 heavy (non-hydrogen) atoms. The summed E-state index contributed by atoms with van der Waals surface area (Å²) < 4.78 is 5.97. The van der Waals surface area contributed by atoms with Crippen molar-refractivity contribution in [2.75, 3.05) is 0 Å². The predicted molar refractivity (Wildman–Crippen MR) is 79.5 cm³/mol. The Morgan fingerprint density at radius 1 is 1.47 bits per heavy atom. The van der Waals surface area contributed by atoms with Gasteiger partial charge in [0.25, 0.3) is 0 Å². The molecule has 98 valence electrons. The Balaban J connectivity index is 2.41. The lowest BCUT2D eigenvalue weighted by atomic mass is 9.81. The van der Waals surface area contributed by atoms with Crippen molar-refractivity contribution in [2.45, 2.75) is 19.1 Å². The van der Waals surface area contributed by atoms with Gasteiger partial charge in [-0.15, -0.1) is 0 Å². The lowest BCUT2D eigenvalue weighted by Gasteiger charge is -2.40. The van der Waals surface area contributed by atoms with E-state index in [0.717, 1.165) is 11.3 Å². The third-order valence-corrected chi connectivity index (χ3v) is 3.31. The molecule has 0 radical (unpaired) electrons. The van der Waals surface area contributed by atoms with Crippen LogP contribution in [0.4, 0.5) is 4.79 Å². The molecule has 1 amide bonds. The summed E-state index contributed by atoms with van der Waals surface area (Å²) in [5, 5.41) is 3.02. The molecule has 1 heterocycles. The summed E-state index contributed by atoms with van der Waals surface area (Å²) in [6, 6.07) is -0.0818. The molecule has 4 heteroatoms. The molecule has 3 nitrogen and oxygen atoms in total. The topological polar surface area (TPSA) is 38.3 Å². The predicted octanol–water partition coefficient (Wildman–Crippen LogP) is 1.85. The maximum atomic E-state index is 11.5. The van der Waals surface area contributed by atoms with Crippen LogP contribution in [-0.4, -0.2) is 25.8 Å². The van der Waals surface area contributed by atoms with Crippen molar-refractivity contribution >= 4 is 13.7 Å². The highest BCUT2D eigenvalue weighted by molar-refractivity contribution is 6.57. The zero-order chi connectivity index (χ0) is 13.8. The Morgan fingerprint density at radius 3 is 2.84 bits per heavy atom. The Hall–Kier alpha value is -1.97. The summed E-state index contributed by atoms with van der Waals surface area (Å²) in [6.45, 7) is 5.67. The van der Waals surface area contributed by atoms with E-state index in [4.69, 9.17) is 4.74 Å². The molecule has 3 unspecified atom stereocenters. The zero-order valence-corrected chi connectivity index (χ0v) is 11.3. The number of hydrogen-bond acceptors (Lipinski definition) is 2. The average molecular weight is 255 g/mol. The van der Waals surface area contributed by atoms with Crippen molar-refractivity contribution < 1.29 is 9.53 Å². The molecule has 2 aliphatic rings. The van der Waals surface area contributed by atoms with E-state index < -0.39 is 0 Å². The third-order valence-electron chi connectivity index (χ3n) is 3.31. The zero-order valence-electron chi connectivity index (χ0n) is 11.3. The van der Waals surface area contributed by atoms with E-state index in [1.165, 1.54) is 7.85 Å². The standard InChI is InChI=1S/C15H18BNO2/c1-3-7-10-12(4-2)19-13-9-6-5-8-11(13)14(10)17-15(16)18/h3-9,11,13-14H,1,16H2,2H3,(H,17,18)/b10-7+,12-4+. The van der Waals surface area contributed by atoms with Crippen LogP contribution in [0.1, 0.15) is 6.92 Å². The van der Waals surface area contributed by atoms with Gasteiger partial charge in [-0.2, -0.15) is 0 Å². The van der Waals surface area contributed by atoms with E-state index in [1.54, 1.807) is 6.08 Å². The summed E-state index contributed by atoms with van der Waals surface area (Å²) in [7, 11) is 1.54. The first-order valence-corrected chi connectivity index (χ1v) is 6.45. The molecule has 1 N–H and O–H groups in total. The number of rotatable bonds is 2. The van der Waals surface area contributed by atoms with Gasteiger partial charge in [-0.1, -0.05) is 37.0 Å². The molecule has 0 saturated carbocycles. The molecular weight excluding hydrogens is 237 g/mol. The molecule has 1 aliphatic carbocycles. The highest BCUT2D eigenvalue weighted by Crippen LogP contribution is 2.35. The molecule has 3 atom stereocenters. The Labute approximate surface area is 114 Å². The van der Waals surface area contributed by atoms with Crippen LogP contribution < -0.4 is 5.32 Å². The van der Waals surface area contributed by atoms with E-state index in [-0.39, 0.29) is 23.9 Å². The normalized spacial score (nSPS) is 32.8. The summed E-state index contributed by atoms with van der Waals surface area (Å²) in [4.78, 5) is 11.5. The van der Waals surface area contributed by atoms with Gasteiger partial charge in [-0.25, -0.2) is 0 Å². The van der Waals surface area contributed by atoms with Crippen LogP contribution in [0.25, 0.3) is 0 Å². The van der Waals surface area contributed by atoms with Gasteiger partial charge < -0.3 is 10.1 Å². The van der Waals surface area contributed by atoms with Gasteiger partial charge in [0.1, 0.15) is 11.9 Å². The smallest absolute Gasteiger partial charge is 0.215 e. The largest absolute Gasteiger partial charge is 0.486 e. The fraction of sp³-hybridized carbons (Fsp3) is 0.267. The van der Waals surface area contributed by atoms with Gasteiger partial charge in [0.15, 0.2) is 5.81 Å². The Bertz CT molecular complexity index is 502. The van der Waals surface area contributed by atoms with Crippen LogP contribution >= 0.6 is 0 Å². The quantitative estimate of drug-likeness (QED) is 0.765. The van der Waals surface area contributed by atoms with Gasteiger partial charge in [0.2, 0.25) is 7.85 Å². The van der Waals surface area contributed by atoms with E-state index in [1.807, 2.05) is 37.3 Å². The minimum Gasteiger partial charge on any atom is -0.486 e. The molecule has 1 fully saturated rings. The summed E-state index contributed by atoms with van der Waals surface area (Å²) in [6.07, 6.45) is 13.6. The molecule has 1 aliphatic heterocycles. The summed E-state index contributed by atoms with van der Waals surface area (Å²) in [5.41, 5.74) is 0.967. The van der Waals surface area contributed by atoms with E-state index in [2.05, 4.69) is 18.0 Å². The maximum Gasteiger partial charge on any atom is 0.215 e. The lowest BCUT2D eigenvalue weighted by molar-refractivity contribution is 0.0851. The summed E-state index contributed by atoms with van der Waals surface area (Å²) in [5.74, 6) is 0.877. The van der Waals surface area contributed by atoms with Crippen LogP contribution in [0, 0.1) is 5.92 Å². The fourth-order valence-electron chi connectivity index (χ4n) is 2.54. The Morgan fingerprint density at radius 2 is 2.21 bits per heavy atom. The molecule has 0 aromatic heterocycles. The molecule has 2 rings (SSSR count). The first-order chi connectivity index (χ1) is 9.17. The Kier molecular flexibility index (Phi) is 4.10. The van der Waals surface area contributed by atoms with Crippen molar-refractivity contribution in [1.82, 2.24) is 5.32 Å². The highest BCUT2D eigenvalue weighted by atomic mass is 16.5. The number of nitrogens with one attached hydrogen (secondary N) is 1. The van der Waals surface area contributed by atoms with Crippen molar-refractivity contribution in [1.29, 1.82) is 0 Å². The van der Waals surface area contributed by atoms with Crippen LogP contribution in [0.2, 0.25) is 0 Å². The average Bonchev–Trinajstić information content (AvgIpc) is 2.40. The molecule has 0 spiro atoms. The second-order valence-electron chi connectivity index (χ2n) is 4.62. The minimum absolute atomic E-state index is 0.0324. The third kappa shape index (κ3) is 2.73. The van der Waals surface area contributed by atoms with Crippen molar-refractivity contribution in [3.8, 4) is 0 Å². The van der Waals surface area contributed by atoms with Gasteiger partial charge in [0.05, 0.1) is 6.04 Å². The SMILES string of the molecule is BC(=O)NC1C(=C/C=C)/C(=C\C)OC2C=CC=CC21. The molecule has 0 aromatic carbocycles. The monoisotopic (exact) mass is 255 g/mol. The number of carbonyl (C=O) groups is 1. The van der Waals surface area contributed by atoms with Crippen LogP contribution in [-0.2, 0) is 4.74 Å². The summed E-state index contributed by atoms with van der Waals surface area (Å²) >= 11 is 0. The van der Waals surface area contributed by atoms with E-state index in [0.29, 0.717) is 0 Å². The van der Waals surface area contributed by atoms with Gasteiger partial charge in [-0.3, -0.25) is 4.79 Å². The van der Waals surface area contributed by atoms with Gasteiger partial charge >= 0.3 is 0 Å². The molecular formula is C15H18BNO2. The van der Waals surface area contributed by atoms with Gasteiger partial charge in [0, 0.05) is 11.5 Å². The second kappa shape index (κ2) is 5.78. The van der Waals surface area contributed by atoms with Crippen molar-refractivity contribution in [3.05, 3.63) is 60.4 Å². The van der Waals surface area contributed by atoms with E-state index in [9.17, 15) is 4.79 Å². The minimum atomic E-state index is -0.0818. The first kappa shape index (κ1) is 13.5. The number of ether oxygens (including phenoxy) is 1. The molecule has 0 bridgehead atoms. The van der Waals surface area contributed by atoms with Crippen molar-refractivity contribution in [3.63, 3.8) is 0 Å². The van der Waals surface area contributed by atoms with Crippen LogP contribution in [0.5, 0.6) is 0 Å². The first-order valence-electron chi connectivity index (χ1n) is 6.45. The molecule has 1 saturated heterocycles. The number of amides is 1. The second-order valence-corrected chi connectivity index (χ2v) is 4.62. The van der Waals surface area contributed by atoms with Crippen LogP contribution in [0.15, 0.2) is 60.4 Å². The number of fused-ring (bicyclic) bond motifs is 1. The van der Waals surface area contributed by atoms with Crippen LogP contribution in [0.3, 0.4) is 0 Å². The maximum absolute atomic E-state index is 11.5. The molecule has 0 aromatic rings. The fourth-order valence-corrected chi connectivity index (χ4v) is 2.54. The van der Waals surface area contributed by atoms with Gasteiger partial charge in [-0.05, 0) is 19.1 Å². The number of carbonyl (C=O) groups excluding carboxylic acids is 1. The van der Waals surface area contributed by atoms with Crippen molar-refractivity contribution in [2.24, 2.45) is 5.92 Å². The highest BCUT2D eigenvalue weighted by Gasteiger charge is 2.38. The number of allylic oxidation sites excluding steroid dienone is 5. The number of hydrogen-bond donors (Lipinski definition) is 1. The lowest BCUT2D eigenvalue weighted by Crippen LogP contribution is -2.49. The van der Waals surface area contributed by atoms with E-state index >= 15 is 0 Å².